The predicted octanol–water partition coefficient (Wildman–Crippen LogP) is 10.8. The maximum atomic E-state index is 6.17. The summed E-state index contributed by atoms with van der Waals surface area (Å²) in [6, 6.07) is 8.84. The highest BCUT2D eigenvalue weighted by Gasteiger charge is 2.24. The van der Waals surface area contributed by atoms with Gasteiger partial charge in [-0.05, 0) is 80.5 Å². The Bertz CT molecular complexity index is 839. The fourth-order valence-electron chi connectivity index (χ4n) is 6.01. The van der Waals surface area contributed by atoms with E-state index in [4.69, 9.17) is 14.7 Å². The normalized spacial score (nSPS) is 17.4. The Morgan fingerprint density at radius 2 is 1.08 bits per heavy atom. The first-order valence-corrected chi connectivity index (χ1v) is 16.8. The van der Waals surface area contributed by atoms with Gasteiger partial charge in [0.25, 0.3) is 0 Å². The van der Waals surface area contributed by atoms with Crippen LogP contribution in [-0.2, 0) is 12.8 Å². The molecule has 39 heavy (non-hydrogen) atoms. The number of rotatable bonds is 21. The van der Waals surface area contributed by atoms with Crippen molar-refractivity contribution in [3.05, 3.63) is 53.6 Å². The number of hydrogen-bond donors (Lipinski definition) is 0. The van der Waals surface area contributed by atoms with Gasteiger partial charge in [-0.2, -0.15) is 0 Å². The van der Waals surface area contributed by atoms with Gasteiger partial charge in [-0.25, -0.2) is 9.97 Å². The van der Waals surface area contributed by atoms with E-state index in [0.29, 0.717) is 11.8 Å². The molecule has 0 bridgehead atoms. The molecule has 0 spiro atoms. The Morgan fingerprint density at radius 3 is 1.62 bits per heavy atom. The zero-order valence-electron chi connectivity index (χ0n) is 25.5. The topological polar surface area (TPSA) is 35.0 Å². The van der Waals surface area contributed by atoms with E-state index < -0.39 is 0 Å². The molecular formula is C36H58N2O. The summed E-state index contributed by atoms with van der Waals surface area (Å²) in [6.45, 7) is 5.40. The molecule has 1 fully saturated rings. The van der Waals surface area contributed by atoms with E-state index in [-0.39, 0.29) is 0 Å². The first-order chi connectivity index (χ1) is 19.3. The number of aromatic nitrogens is 2. The second kappa shape index (κ2) is 20.0. The third kappa shape index (κ3) is 13.3. The van der Waals surface area contributed by atoms with Crippen molar-refractivity contribution < 1.29 is 4.74 Å². The molecule has 1 heterocycles. The number of hydrogen-bond acceptors (Lipinski definition) is 3. The quantitative estimate of drug-likeness (QED) is 0.149. The van der Waals surface area contributed by atoms with Crippen molar-refractivity contribution in [3.63, 3.8) is 0 Å². The summed E-state index contributed by atoms with van der Waals surface area (Å²) in [5.41, 5.74) is 2.75. The number of unbranched alkanes of at least 4 members (excludes halogenated alkanes) is 13. The molecule has 2 aromatic rings. The summed E-state index contributed by atoms with van der Waals surface area (Å²) in [4.78, 5) is 9.57. The molecule has 0 amide bonds. The second-order valence-electron chi connectivity index (χ2n) is 12.2. The van der Waals surface area contributed by atoms with Crippen LogP contribution in [0.2, 0.25) is 0 Å². The highest BCUT2D eigenvalue weighted by Crippen LogP contribution is 2.34. The van der Waals surface area contributed by atoms with Gasteiger partial charge in [0, 0.05) is 18.3 Å². The van der Waals surface area contributed by atoms with E-state index in [9.17, 15) is 0 Å². The molecule has 3 heteroatoms. The van der Waals surface area contributed by atoms with Gasteiger partial charge in [0.05, 0.1) is 6.61 Å². The molecule has 0 saturated heterocycles. The third-order valence-electron chi connectivity index (χ3n) is 8.73. The van der Waals surface area contributed by atoms with Crippen molar-refractivity contribution in [1.29, 1.82) is 0 Å². The van der Waals surface area contributed by atoms with Crippen molar-refractivity contribution in [3.8, 4) is 5.75 Å². The minimum atomic E-state index is 0.518. The Hall–Kier alpha value is -1.90. The summed E-state index contributed by atoms with van der Waals surface area (Å²) in [5, 5.41) is 0. The molecular weight excluding hydrogens is 476 g/mol. The van der Waals surface area contributed by atoms with Crippen LogP contribution in [0.1, 0.15) is 159 Å². The van der Waals surface area contributed by atoms with E-state index in [2.05, 4.69) is 50.5 Å². The minimum Gasteiger partial charge on any atom is -0.493 e. The van der Waals surface area contributed by atoms with Crippen LogP contribution in [0, 0.1) is 5.92 Å². The van der Waals surface area contributed by atoms with Gasteiger partial charge in [0.2, 0.25) is 0 Å². The van der Waals surface area contributed by atoms with E-state index in [1.165, 1.54) is 140 Å². The van der Waals surface area contributed by atoms with E-state index in [0.717, 1.165) is 24.6 Å². The van der Waals surface area contributed by atoms with Crippen molar-refractivity contribution in [2.24, 2.45) is 5.92 Å². The maximum Gasteiger partial charge on any atom is 0.131 e. The van der Waals surface area contributed by atoms with Crippen LogP contribution in [0.4, 0.5) is 0 Å². The van der Waals surface area contributed by atoms with Gasteiger partial charge in [-0.15, -0.1) is 0 Å². The van der Waals surface area contributed by atoms with Crippen LogP contribution in [0.25, 0.3) is 0 Å². The summed E-state index contributed by atoms with van der Waals surface area (Å²) < 4.78 is 6.17. The highest BCUT2D eigenvalue weighted by atomic mass is 16.5. The zero-order chi connectivity index (χ0) is 27.4. The summed E-state index contributed by atoms with van der Waals surface area (Å²) >= 11 is 0. The lowest BCUT2D eigenvalue weighted by molar-refractivity contribution is 0.198. The Balaban J connectivity index is 1.24. The van der Waals surface area contributed by atoms with Crippen LogP contribution < -0.4 is 4.74 Å². The zero-order valence-corrected chi connectivity index (χ0v) is 25.5. The molecule has 0 aliphatic heterocycles. The molecule has 0 unspecified atom stereocenters. The van der Waals surface area contributed by atoms with Gasteiger partial charge in [-0.1, -0.05) is 109 Å². The molecule has 0 radical (unpaired) electrons. The maximum absolute atomic E-state index is 6.17. The fourth-order valence-corrected chi connectivity index (χ4v) is 6.01. The van der Waals surface area contributed by atoms with E-state index in [1.807, 2.05) is 0 Å². The standard InChI is InChI=1S/C36H58N2O/c1-3-5-7-9-10-11-12-13-15-17-19-33-28-37-36(38-29-33)34-24-20-32(21-25-34)30-39-35-26-22-31(23-27-35)18-16-14-8-6-4-2/h22-23,26-29,32,34H,3-21,24-25,30H2,1-2H3. The van der Waals surface area contributed by atoms with Crippen molar-refractivity contribution in [2.45, 2.75) is 155 Å². The Labute approximate surface area is 241 Å². The minimum absolute atomic E-state index is 0.518. The largest absolute Gasteiger partial charge is 0.493 e. The molecule has 1 aromatic heterocycles. The first kappa shape index (κ1) is 31.6. The van der Waals surface area contributed by atoms with Gasteiger partial charge < -0.3 is 4.74 Å². The molecule has 0 atom stereocenters. The van der Waals surface area contributed by atoms with Gasteiger partial charge >= 0.3 is 0 Å². The highest BCUT2D eigenvalue weighted by molar-refractivity contribution is 5.27. The molecule has 1 aliphatic carbocycles. The van der Waals surface area contributed by atoms with Crippen molar-refractivity contribution in [1.82, 2.24) is 9.97 Å². The average Bonchev–Trinajstić information content (AvgIpc) is 2.98. The molecule has 1 aromatic carbocycles. The SMILES string of the molecule is CCCCCCCCCCCCc1cnc(C2CCC(COc3ccc(CCCCCCC)cc3)CC2)nc1. The number of benzene rings is 1. The van der Waals surface area contributed by atoms with Gasteiger partial charge in [0.1, 0.15) is 11.6 Å². The molecule has 218 valence electrons. The molecule has 3 rings (SSSR count). The number of aryl methyl sites for hydroxylation is 2. The smallest absolute Gasteiger partial charge is 0.131 e. The van der Waals surface area contributed by atoms with Gasteiger partial charge in [-0.3, -0.25) is 0 Å². The van der Waals surface area contributed by atoms with Crippen LogP contribution in [0.5, 0.6) is 5.75 Å². The predicted molar refractivity (Wildman–Crippen MR) is 167 cm³/mol. The summed E-state index contributed by atoms with van der Waals surface area (Å²) in [6.07, 6.45) is 31.9. The lowest BCUT2D eigenvalue weighted by atomic mass is 9.82. The lowest BCUT2D eigenvalue weighted by Crippen LogP contribution is -2.20. The van der Waals surface area contributed by atoms with Crippen LogP contribution in [0.15, 0.2) is 36.7 Å². The molecule has 0 N–H and O–H groups in total. The summed E-state index contributed by atoms with van der Waals surface area (Å²) in [5.74, 6) is 3.25. The monoisotopic (exact) mass is 534 g/mol. The lowest BCUT2D eigenvalue weighted by Gasteiger charge is -2.27. The van der Waals surface area contributed by atoms with Crippen LogP contribution in [0.3, 0.4) is 0 Å². The molecule has 1 saturated carbocycles. The van der Waals surface area contributed by atoms with E-state index >= 15 is 0 Å². The van der Waals surface area contributed by atoms with Crippen molar-refractivity contribution in [2.75, 3.05) is 6.61 Å². The van der Waals surface area contributed by atoms with E-state index in [1.54, 1.807) is 0 Å². The summed E-state index contributed by atoms with van der Waals surface area (Å²) in [7, 11) is 0. The molecule has 3 nitrogen and oxygen atoms in total. The Kier molecular flexibility index (Phi) is 16.3. The molecule has 1 aliphatic rings. The Morgan fingerprint density at radius 1 is 0.590 bits per heavy atom. The first-order valence-electron chi connectivity index (χ1n) is 16.8. The second-order valence-corrected chi connectivity index (χ2v) is 12.2. The van der Waals surface area contributed by atoms with Crippen molar-refractivity contribution >= 4 is 0 Å². The van der Waals surface area contributed by atoms with Crippen LogP contribution >= 0.6 is 0 Å². The van der Waals surface area contributed by atoms with Crippen LogP contribution in [-0.4, -0.2) is 16.6 Å². The number of nitrogens with zero attached hydrogens (tertiary/aromatic N) is 2. The van der Waals surface area contributed by atoms with Gasteiger partial charge in [0.15, 0.2) is 0 Å². The average molecular weight is 535 g/mol. The number of ether oxygens (including phenoxy) is 1. The third-order valence-corrected chi connectivity index (χ3v) is 8.73. The fraction of sp³-hybridized carbons (Fsp3) is 0.722.